The first-order valence-corrected chi connectivity index (χ1v) is 8.82. The van der Waals surface area contributed by atoms with Crippen LogP contribution in [0, 0.1) is 0 Å². The number of methoxy groups -OCH3 is 1. The van der Waals surface area contributed by atoms with Crippen LogP contribution in [0.15, 0.2) is 53.4 Å². The van der Waals surface area contributed by atoms with Gasteiger partial charge in [0.1, 0.15) is 5.75 Å². The molecule has 0 amide bonds. The van der Waals surface area contributed by atoms with Crippen LogP contribution in [0.5, 0.6) is 5.75 Å². The number of benzene rings is 2. The van der Waals surface area contributed by atoms with Crippen LogP contribution in [-0.2, 0) is 16.4 Å². The molecule has 4 rings (SSSR count). The van der Waals surface area contributed by atoms with Gasteiger partial charge in [0.05, 0.1) is 18.0 Å². The lowest BCUT2D eigenvalue weighted by atomic mass is 9.92. The summed E-state index contributed by atoms with van der Waals surface area (Å²) in [5, 5.41) is 0. The van der Waals surface area contributed by atoms with Crippen LogP contribution < -0.4 is 4.74 Å². The smallest absolute Gasteiger partial charge is 0.244 e. The Labute approximate surface area is 130 Å². The van der Waals surface area contributed by atoms with Gasteiger partial charge >= 0.3 is 0 Å². The highest BCUT2D eigenvalue weighted by Gasteiger charge is 2.57. The molecule has 2 aromatic carbocycles. The van der Waals surface area contributed by atoms with Gasteiger partial charge in [0.25, 0.3) is 0 Å². The maximum atomic E-state index is 12.9. The average Bonchev–Trinajstić information content (AvgIpc) is 3.31. The van der Waals surface area contributed by atoms with Crippen LogP contribution in [0.4, 0.5) is 0 Å². The van der Waals surface area contributed by atoms with Crippen molar-refractivity contribution in [3.63, 3.8) is 0 Å². The zero-order chi connectivity index (χ0) is 15.3. The van der Waals surface area contributed by atoms with Crippen LogP contribution in [0.3, 0.4) is 0 Å². The highest BCUT2D eigenvalue weighted by atomic mass is 32.2. The van der Waals surface area contributed by atoms with Crippen LogP contribution in [0.2, 0.25) is 0 Å². The third kappa shape index (κ3) is 1.96. The summed E-state index contributed by atoms with van der Waals surface area (Å²) in [5.74, 6) is 0.660. The lowest BCUT2D eigenvalue weighted by Gasteiger charge is -2.11. The molecule has 0 spiro atoms. The molecule has 0 saturated carbocycles. The number of aryl methyl sites for hydroxylation is 1. The largest absolute Gasteiger partial charge is 0.497 e. The highest BCUT2D eigenvalue weighted by molar-refractivity contribution is 7.89. The Morgan fingerprint density at radius 1 is 1.09 bits per heavy atom. The molecular weight excluding hydrogens is 298 g/mol. The van der Waals surface area contributed by atoms with Crippen molar-refractivity contribution in [2.45, 2.75) is 29.8 Å². The maximum Gasteiger partial charge on any atom is 0.244 e. The third-order valence-corrected chi connectivity index (χ3v) is 6.51. The molecule has 0 aromatic heterocycles. The molecule has 0 N–H and O–H groups in total. The van der Waals surface area contributed by atoms with E-state index < -0.39 is 10.0 Å². The van der Waals surface area contributed by atoms with Gasteiger partial charge in [-0.1, -0.05) is 24.3 Å². The molecule has 22 heavy (non-hydrogen) atoms. The fourth-order valence-electron chi connectivity index (χ4n) is 3.44. The molecule has 0 bridgehead atoms. The van der Waals surface area contributed by atoms with Gasteiger partial charge in [-0.3, -0.25) is 0 Å². The van der Waals surface area contributed by atoms with Gasteiger partial charge in [-0.25, -0.2) is 8.42 Å². The van der Waals surface area contributed by atoms with Gasteiger partial charge < -0.3 is 4.74 Å². The summed E-state index contributed by atoms with van der Waals surface area (Å²) in [6.45, 7) is 0. The molecule has 1 saturated heterocycles. The molecule has 1 heterocycles. The van der Waals surface area contributed by atoms with E-state index in [0.29, 0.717) is 10.6 Å². The number of sulfonamides is 1. The van der Waals surface area contributed by atoms with Crippen molar-refractivity contribution < 1.29 is 13.2 Å². The molecule has 1 aliphatic heterocycles. The zero-order valence-corrected chi connectivity index (χ0v) is 13.1. The summed E-state index contributed by atoms with van der Waals surface area (Å²) in [7, 11) is -1.87. The van der Waals surface area contributed by atoms with E-state index >= 15 is 0 Å². The van der Waals surface area contributed by atoms with Crippen molar-refractivity contribution in [1.29, 1.82) is 0 Å². The van der Waals surface area contributed by atoms with Gasteiger partial charge in [0, 0.05) is 6.04 Å². The fourth-order valence-corrected chi connectivity index (χ4v) is 5.24. The lowest BCUT2D eigenvalue weighted by molar-refractivity contribution is 0.414. The van der Waals surface area contributed by atoms with E-state index in [1.807, 2.05) is 12.1 Å². The second-order valence-corrected chi connectivity index (χ2v) is 7.60. The van der Waals surface area contributed by atoms with Gasteiger partial charge in [-0.15, -0.1) is 0 Å². The second kappa shape index (κ2) is 4.83. The van der Waals surface area contributed by atoms with Gasteiger partial charge in [0.15, 0.2) is 0 Å². The number of nitrogens with zero attached hydrogens (tertiary/aromatic N) is 1. The van der Waals surface area contributed by atoms with Crippen molar-refractivity contribution >= 4 is 10.0 Å². The molecule has 5 heteroatoms. The number of hydrogen-bond acceptors (Lipinski definition) is 3. The van der Waals surface area contributed by atoms with Crippen molar-refractivity contribution in [3.05, 3.63) is 59.7 Å². The van der Waals surface area contributed by atoms with Gasteiger partial charge in [-0.2, -0.15) is 4.31 Å². The molecule has 2 aromatic rings. The SMILES string of the molecule is COc1ccc(S(=O)(=O)N2C3CCc4ccccc4C32)cc1. The number of fused-ring (bicyclic) bond motifs is 3. The summed E-state index contributed by atoms with van der Waals surface area (Å²) in [4.78, 5) is 0.334. The first kappa shape index (κ1) is 13.8. The van der Waals surface area contributed by atoms with E-state index in [1.54, 1.807) is 35.7 Å². The molecule has 4 nitrogen and oxygen atoms in total. The molecule has 2 aliphatic rings. The zero-order valence-electron chi connectivity index (χ0n) is 12.3. The first-order valence-electron chi connectivity index (χ1n) is 7.38. The summed E-state index contributed by atoms with van der Waals surface area (Å²) < 4.78 is 32.5. The molecule has 3 unspecified atom stereocenters. The summed E-state index contributed by atoms with van der Waals surface area (Å²) in [6, 6.07) is 14.9. The summed E-state index contributed by atoms with van der Waals surface area (Å²) in [6.07, 6.45) is 1.85. The number of hydrogen-bond donors (Lipinski definition) is 0. The Hall–Kier alpha value is -1.85. The van der Waals surface area contributed by atoms with Crippen LogP contribution in [-0.4, -0.2) is 25.9 Å². The quantitative estimate of drug-likeness (QED) is 0.818. The minimum absolute atomic E-state index is 0.0112. The Morgan fingerprint density at radius 2 is 1.82 bits per heavy atom. The molecule has 3 atom stereocenters. The molecule has 0 radical (unpaired) electrons. The van der Waals surface area contributed by atoms with Crippen LogP contribution in [0.25, 0.3) is 0 Å². The van der Waals surface area contributed by atoms with Gasteiger partial charge in [-0.05, 0) is 48.2 Å². The van der Waals surface area contributed by atoms with E-state index in [-0.39, 0.29) is 12.1 Å². The fraction of sp³-hybridized carbons (Fsp3) is 0.294. The van der Waals surface area contributed by atoms with E-state index in [1.165, 1.54) is 5.56 Å². The van der Waals surface area contributed by atoms with Crippen LogP contribution in [0.1, 0.15) is 23.6 Å². The first-order chi connectivity index (χ1) is 10.6. The Bertz CT molecular complexity index is 814. The average molecular weight is 315 g/mol. The summed E-state index contributed by atoms with van der Waals surface area (Å²) in [5.41, 5.74) is 2.44. The summed E-state index contributed by atoms with van der Waals surface area (Å²) >= 11 is 0. The Kier molecular flexibility index (Phi) is 3.03. The second-order valence-electron chi connectivity index (χ2n) is 5.76. The number of ether oxygens (including phenoxy) is 1. The predicted molar refractivity (Wildman–Crippen MR) is 83.3 cm³/mol. The molecule has 1 fully saturated rings. The molecule has 114 valence electrons. The van der Waals surface area contributed by atoms with Gasteiger partial charge in [0.2, 0.25) is 10.0 Å². The highest BCUT2D eigenvalue weighted by Crippen LogP contribution is 2.53. The molecular formula is C17H17NO3S. The van der Waals surface area contributed by atoms with E-state index in [0.717, 1.165) is 18.4 Å². The topological polar surface area (TPSA) is 46.4 Å². The van der Waals surface area contributed by atoms with Crippen molar-refractivity contribution in [3.8, 4) is 5.75 Å². The maximum absolute atomic E-state index is 12.9. The standard InChI is InChI=1S/C17H17NO3S/c1-21-13-7-9-14(10-8-13)22(19,20)18-16-11-6-12-4-2-3-5-15(12)17(16)18/h2-5,7-10,16-17H,6,11H2,1H3. The van der Waals surface area contributed by atoms with E-state index in [4.69, 9.17) is 4.74 Å². The normalized spacial score (nSPS) is 26.0. The Morgan fingerprint density at radius 3 is 2.55 bits per heavy atom. The van der Waals surface area contributed by atoms with Crippen molar-refractivity contribution in [1.82, 2.24) is 4.31 Å². The monoisotopic (exact) mass is 315 g/mol. The van der Waals surface area contributed by atoms with Crippen molar-refractivity contribution in [2.75, 3.05) is 7.11 Å². The lowest BCUT2D eigenvalue weighted by Crippen LogP contribution is -2.14. The molecule has 1 aliphatic carbocycles. The predicted octanol–water partition coefficient (Wildman–Crippen LogP) is 2.76. The minimum atomic E-state index is -3.44. The number of rotatable bonds is 3. The van der Waals surface area contributed by atoms with E-state index in [2.05, 4.69) is 12.1 Å². The van der Waals surface area contributed by atoms with Crippen LogP contribution >= 0.6 is 0 Å². The van der Waals surface area contributed by atoms with Crippen molar-refractivity contribution in [2.24, 2.45) is 0 Å². The van der Waals surface area contributed by atoms with E-state index in [9.17, 15) is 8.42 Å². The Balaban J connectivity index is 1.68. The minimum Gasteiger partial charge on any atom is -0.497 e. The third-order valence-electron chi connectivity index (χ3n) is 4.59.